The summed E-state index contributed by atoms with van der Waals surface area (Å²) in [6.07, 6.45) is 4.02. The van der Waals surface area contributed by atoms with Gasteiger partial charge in [-0.3, -0.25) is 4.79 Å². The van der Waals surface area contributed by atoms with Gasteiger partial charge in [0, 0.05) is 41.1 Å². The molecule has 6 heteroatoms. The fourth-order valence-corrected chi connectivity index (χ4v) is 4.48. The fraction of sp³-hybridized carbons (Fsp3) is 0.600. The second kappa shape index (κ2) is 11.0. The Labute approximate surface area is 192 Å². The van der Waals surface area contributed by atoms with Crippen molar-refractivity contribution in [2.75, 3.05) is 18.4 Å². The summed E-state index contributed by atoms with van der Waals surface area (Å²) in [4.78, 5) is 14.5. The van der Waals surface area contributed by atoms with Crippen molar-refractivity contribution in [1.29, 1.82) is 5.41 Å². The number of carboxylic acid groups (broad SMARTS) is 1. The maximum atomic E-state index is 12.1. The van der Waals surface area contributed by atoms with E-state index in [-0.39, 0.29) is 5.92 Å². The van der Waals surface area contributed by atoms with Crippen LogP contribution in [0.4, 0.5) is 5.69 Å². The van der Waals surface area contributed by atoms with Crippen molar-refractivity contribution in [2.24, 2.45) is 23.2 Å². The Morgan fingerprint density at radius 3 is 2.13 bits per heavy atom. The van der Waals surface area contributed by atoms with Crippen LogP contribution in [0.5, 0.6) is 0 Å². The second-order valence-corrected chi connectivity index (χ2v) is 10.1. The molecule has 1 aromatic carbocycles. The van der Waals surface area contributed by atoms with Gasteiger partial charge in [0.15, 0.2) is 0 Å². The first kappa shape index (κ1) is 25.3. The van der Waals surface area contributed by atoms with Crippen LogP contribution in [-0.4, -0.2) is 35.3 Å². The van der Waals surface area contributed by atoms with Crippen LogP contribution >= 0.6 is 11.6 Å². The lowest BCUT2D eigenvalue weighted by Crippen LogP contribution is -2.45. The SMILES string of the molecule is C/C(=C(\CC(C=N)C1(C(=O)O)CCC1)Nc1ccc(Cl)cc1)N(CC(C)C)CC(C)C. The van der Waals surface area contributed by atoms with E-state index in [4.69, 9.17) is 17.0 Å². The molecular formula is C25H38ClN3O2. The molecule has 1 fully saturated rings. The van der Waals surface area contributed by atoms with Crippen LogP contribution in [0.15, 0.2) is 35.7 Å². The van der Waals surface area contributed by atoms with E-state index in [1.54, 1.807) is 0 Å². The molecule has 0 aliphatic heterocycles. The van der Waals surface area contributed by atoms with Crippen LogP contribution in [-0.2, 0) is 4.79 Å². The van der Waals surface area contributed by atoms with E-state index < -0.39 is 11.4 Å². The van der Waals surface area contributed by atoms with Crippen LogP contribution in [0.2, 0.25) is 5.02 Å². The highest BCUT2D eigenvalue weighted by Gasteiger charge is 2.50. The van der Waals surface area contributed by atoms with Gasteiger partial charge in [-0.1, -0.05) is 45.7 Å². The maximum Gasteiger partial charge on any atom is 0.310 e. The summed E-state index contributed by atoms with van der Waals surface area (Å²) in [6.45, 7) is 12.8. The van der Waals surface area contributed by atoms with Gasteiger partial charge in [0.25, 0.3) is 0 Å². The van der Waals surface area contributed by atoms with Crippen LogP contribution in [0.25, 0.3) is 0 Å². The van der Waals surface area contributed by atoms with Crippen molar-refractivity contribution >= 4 is 29.5 Å². The number of halogens is 1. The molecule has 0 spiro atoms. The number of hydrogen-bond acceptors (Lipinski definition) is 4. The van der Waals surface area contributed by atoms with Crippen molar-refractivity contribution in [3.63, 3.8) is 0 Å². The van der Waals surface area contributed by atoms with Crippen LogP contribution in [0, 0.1) is 28.6 Å². The third kappa shape index (κ3) is 6.49. The van der Waals surface area contributed by atoms with Crippen LogP contribution in [0.3, 0.4) is 0 Å². The third-order valence-corrected chi connectivity index (χ3v) is 6.48. The molecule has 31 heavy (non-hydrogen) atoms. The number of allylic oxidation sites excluding steroid dienone is 2. The molecule has 5 nitrogen and oxygen atoms in total. The zero-order valence-electron chi connectivity index (χ0n) is 19.5. The molecule has 0 aromatic heterocycles. The molecular weight excluding hydrogens is 410 g/mol. The number of rotatable bonds is 12. The Kier molecular flexibility index (Phi) is 8.99. The Morgan fingerprint density at radius 2 is 1.74 bits per heavy atom. The predicted octanol–water partition coefficient (Wildman–Crippen LogP) is 6.51. The first-order chi connectivity index (χ1) is 14.6. The number of anilines is 1. The standard InChI is InChI=1S/C25H38ClN3O2/c1-17(2)15-29(16-18(3)4)19(5)23(28-22-9-7-21(26)8-10-22)13-20(14-27)25(24(30)31)11-6-12-25/h7-10,14,17-18,20,27-28H,6,11-13,15-16H2,1-5H3,(H,30,31)/b23-19-,27-14?. The van der Waals surface area contributed by atoms with Crippen molar-refractivity contribution in [1.82, 2.24) is 4.90 Å². The van der Waals surface area contributed by atoms with E-state index in [1.165, 1.54) is 6.21 Å². The lowest BCUT2D eigenvalue weighted by Gasteiger charge is -2.43. The summed E-state index contributed by atoms with van der Waals surface area (Å²) in [6, 6.07) is 7.55. The van der Waals surface area contributed by atoms with Crippen molar-refractivity contribution in [3.05, 3.63) is 40.7 Å². The van der Waals surface area contributed by atoms with E-state index in [0.29, 0.717) is 36.1 Å². The highest BCUT2D eigenvalue weighted by molar-refractivity contribution is 6.30. The van der Waals surface area contributed by atoms with E-state index in [2.05, 4.69) is 44.8 Å². The largest absolute Gasteiger partial charge is 0.481 e. The van der Waals surface area contributed by atoms with E-state index in [9.17, 15) is 9.90 Å². The molecule has 2 rings (SSSR count). The fourth-order valence-electron chi connectivity index (χ4n) is 4.35. The Balaban J connectivity index is 2.44. The quantitative estimate of drug-likeness (QED) is 0.319. The van der Waals surface area contributed by atoms with Crippen molar-refractivity contribution < 1.29 is 9.90 Å². The molecule has 1 saturated carbocycles. The molecule has 0 saturated heterocycles. The molecule has 0 amide bonds. The van der Waals surface area contributed by atoms with Gasteiger partial charge in [-0.05, 0) is 68.5 Å². The summed E-state index contributed by atoms with van der Waals surface area (Å²) in [7, 11) is 0. The zero-order chi connectivity index (χ0) is 23.2. The van der Waals surface area contributed by atoms with Crippen LogP contribution < -0.4 is 5.32 Å². The molecule has 3 N–H and O–H groups in total. The van der Waals surface area contributed by atoms with E-state index in [0.717, 1.165) is 36.6 Å². The lowest BCUT2D eigenvalue weighted by molar-refractivity contribution is -0.157. The molecule has 1 atom stereocenters. The third-order valence-electron chi connectivity index (χ3n) is 6.23. The summed E-state index contributed by atoms with van der Waals surface area (Å²) < 4.78 is 0. The number of nitrogens with zero attached hydrogens (tertiary/aromatic N) is 1. The first-order valence-corrected chi connectivity index (χ1v) is 11.7. The van der Waals surface area contributed by atoms with Gasteiger partial charge in [0.2, 0.25) is 0 Å². The summed E-state index contributed by atoms with van der Waals surface area (Å²) in [5, 5.41) is 22.2. The number of aliphatic carboxylic acids is 1. The second-order valence-electron chi connectivity index (χ2n) is 9.68. The molecule has 0 radical (unpaired) electrons. The molecule has 0 bridgehead atoms. The topological polar surface area (TPSA) is 76.4 Å². The molecule has 172 valence electrons. The minimum Gasteiger partial charge on any atom is -0.481 e. The summed E-state index contributed by atoms with van der Waals surface area (Å²) >= 11 is 6.06. The van der Waals surface area contributed by atoms with Gasteiger partial charge in [-0.15, -0.1) is 0 Å². The Morgan fingerprint density at radius 1 is 1.19 bits per heavy atom. The molecule has 1 aromatic rings. The van der Waals surface area contributed by atoms with Crippen molar-refractivity contribution in [3.8, 4) is 0 Å². The van der Waals surface area contributed by atoms with Gasteiger partial charge in [-0.25, -0.2) is 0 Å². The van der Waals surface area contributed by atoms with Gasteiger partial charge < -0.3 is 20.7 Å². The highest BCUT2D eigenvalue weighted by atomic mass is 35.5. The maximum absolute atomic E-state index is 12.1. The predicted molar refractivity (Wildman–Crippen MR) is 130 cm³/mol. The molecule has 1 aliphatic carbocycles. The number of carboxylic acids is 1. The Hall–Kier alpha value is -2.01. The summed E-state index contributed by atoms with van der Waals surface area (Å²) in [5.41, 5.74) is 2.18. The minimum absolute atomic E-state index is 0.344. The van der Waals surface area contributed by atoms with Gasteiger partial charge in [-0.2, -0.15) is 0 Å². The van der Waals surface area contributed by atoms with Crippen molar-refractivity contribution in [2.45, 2.75) is 60.3 Å². The number of hydrogen-bond donors (Lipinski definition) is 3. The molecule has 1 unspecified atom stereocenters. The smallest absolute Gasteiger partial charge is 0.310 e. The molecule has 0 heterocycles. The van der Waals surface area contributed by atoms with Gasteiger partial charge in [0.05, 0.1) is 5.41 Å². The van der Waals surface area contributed by atoms with E-state index >= 15 is 0 Å². The average Bonchev–Trinajstić information content (AvgIpc) is 2.65. The number of nitrogens with one attached hydrogen (secondary N) is 2. The average molecular weight is 448 g/mol. The number of benzene rings is 1. The lowest BCUT2D eigenvalue weighted by atomic mass is 9.60. The van der Waals surface area contributed by atoms with E-state index in [1.807, 2.05) is 24.3 Å². The monoisotopic (exact) mass is 447 g/mol. The zero-order valence-corrected chi connectivity index (χ0v) is 20.3. The van der Waals surface area contributed by atoms with Gasteiger partial charge in [0.1, 0.15) is 0 Å². The van der Waals surface area contributed by atoms with Gasteiger partial charge >= 0.3 is 5.97 Å². The van der Waals surface area contributed by atoms with Crippen LogP contribution in [0.1, 0.15) is 60.3 Å². The molecule has 1 aliphatic rings. The normalized spacial score (nSPS) is 17.0. The summed E-state index contributed by atoms with van der Waals surface area (Å²) in [5.74, 6) is -0.123. The number of carbonyl (C=O) groups is 1. The first-order valence-electron chi connectivity index (χ1n) is 11.3. The minimum atomic E-state index is -0.824. The highest BCUT2D eigenvalue weighted by Crippen LogP contribution is 2.49. The Bertz CT molecular complexity index is 772.